The number of rotatable bonds is 4. The Morgan fingerprint density at radius 3 is 2.41 bits per heavy atom. The topological polar surface area (TPSA) is 68.3 Å². The van der Waals surface area contributed by atoms with Crippen LogP contribution in [0.1, 0.15) is 79.4 Å². The van der Waals surface area contributed by atoms with Gasteiger partial charge in [-0.15, -0.1) is 0 Å². The average Bonchev–Trinajstić information content (AvgIpc) is 2.99. The van der Waals surface area contributed by atoms with E-state index in [1.165, 1.54) is 19.3 Å². The molecule has 5 heteroatoms. The van der Waals surface area contributed by atoms with Crippen molar-refractivity contribution < 1.29 is 14.3 Å². The monoisotopic (exact) mass is 432 g/mol. The molecule has 1 aromatic carbocycles. The molecule has 0 aliphatic heterocycles. The highest BCUT2D eigenvalue weighted by Gasteiger charge is 2.51. The molecule has 1 aromatic heterocycles. The molecule has 7 rings (SSSR count). The van der Waals surface area contributed by atoms with E-state index in [4.69, 9.17) is 9.72 Å². The first-order valence-corrected chi connectivity index (χ1v) is 12.5. The van der Waals surface area contributed by atoms with Gasteiger partial charge in [-0.2, -0.15) is 0 Å². The molecule has 0 unspecified atom stereocenters. The van der Waals surface area contributed by atoms with Crippen LogP contribution in [0.15, 0.2) is 24.3 Å². The van der Waals surface area contributed by atoms with Crippen LogP contribution in [0.3, 0.4) is 0 Å². The predicted molar refractivity (Wildman–Crippen MR) is 122 cm³/mol. The first kappa shape index (κ1) is 20.2. The van der Waals surface area contributed by atoms with Gasteiger partial charge >= 0.3 is 5.97 Å². The summed E-state index contributed by atoms with van der Waals surface area (Å²) < 4.78 is 5.64. The Bertz CT molecular complexity index is 1040. The second-order valence-electron chi connectivity index (χ2n) is 10.8. The molecule has 32 heavy (non-hydrogen) atoms. The van der Waals surface area contributed by atoms with Gasteiger partial charge in [-0.25, -0.2) is 4.79 Å². The number of carbonyl (C=O) groups is 2. The fourth-order valence-electron chi connectivity index (χ4n) is 7.58. The smallest absolute Gasteiger partial charge is 0.339 e. The molecule has 1 N–H and O–H groups in total. The lowest BCUT2D eigenvalue weighted by Crippen LogP contribution is -2.60. The highest BCUT2D eigenvalue weighted by atomic mass is 16.5. The standard InChI is InChI=1S/C27H32N2O3/c30-24(29-27-13-17-10-18(14-27)12-19(11-17)15-27)16-32-26(31)25-20-6-2-1-3-8-22(20)28-23-9-5-4-7-21(23)25/h4-5,7,9,17-19H,1-3,6,8,10-16H2,(H,29,30). The number of nitrogens with zero attached hydrogens (tertiary/aromatic N) is 1. The minimum absolute atomic E-state index is 0.0569. The van der Waals surface area contributed by atoms with E-state index >= 15 is 0 Å². The molecule has 0 saturated heterocycles. The number of aryl methyl sites for hydroxylation is 1. The molecule has 5 aliphatic rings. The average molecular weight is 433 g/mol. The van der Waals surface area contributed by atoms with Gasteiger partial charge in [0.1, 0.15) is 0 Å². The van der Waals surface area contributed by atoms with E-state index in [9.17, 15) is 9.59 Å². The van der Waals surface area contributed by atoms with Crippen molar-refractivity contribution >= 4 is 22.8 Å². The molecule has 0 radical (unpaired) electrons. The third-order valence-electron chi connectivity index (χ3n) is 8.40. The molecule has 4 fully saturated rings. The summed E-state index contributed by atoms with van der Waals surface area (Å²) in [7, 11) is 0. The van der Waals surface area contributed by atoms with Crippen molar-refractivity contribution in [1.82, 2.24) is 10.3 Å². The van der Waals surface area contributed by atoms with Gasteiger partial charge in [0.05, 0.1) is 11.1 Å². The second kappa shape index (κ2) is 7.86. The third-order valence-corrected chi connectivity index (χ3v) is 8.40. The molecule has 0 atom stereocenters. The maximum Gasteiger partial charge on any atom is 0.339 e. The van der Waals surface area contributed by atoms with Crippen LogP contribution in [0, 0.1) is 17.8 Å². The van der Waals surface area contributed by atoms with Crippen LogP contribution < -0.4 is 5.32 Å². The normalized spacial score (nSPS) is 30.6. The lowest BCUT2D eigenvalue weighted by atomic mass is 9.53. The summed E-state index contributed by atoms with van der Waals surface area (Å²) in [6.45, 7) is -0.202. The molecule has 5 aliphatic carbocycles. The Labute approximate surface area is 189 Å². The molecule has 5 nitrogen and oxygen atoms in total. The highest BCUT2D eigenvalue weighted by Crippen LogP contribution is 2.55. The number of nitrogens with one attached hydrogen (secondary N) is 1. The largest absolute Gasteiger partial charge is 0.452 e. The predicted octanol–water partition coefficient (Wildman–Crippen LogP) is 4.75. The first-order chi connectivity index (χ1) is 15.6. The zero-order chi connectivity index (χ0) is 21.7. The molecule has 4 bridgehead atoms. The Kier molecular flexibility index (Phi) is 4.96. The van der Waals surface area contributed by atoms with Crippen molar-refractivity contribution in [2.45, 2.75) is 76.2 Å². The van der Waals surface area contributed by atoms with Crippen LogP contribution >= 0.6 is 0 Å². The van der Waals surface area contributed by atoms with Crippen LogP contribution in [0.5, 0.6) is 0 Å². The molecule has 1 amide bonds. The fraction of sp³-hybridized carbons (Fsp3) is 0.593. The van der Waals surface area contributed by atoms with Crippen molar-refractivity contribution in [1.29, 1.82) is 0 Å². The molecular weight excluding hydrogens is 400 g/mol. The third kappa shape index (κ3) is 3.60. The maximum absolute atomic E-state index is 13.3. The zero-order valence-corrected chi connectivity index (χ0v) is 18.7. The van der Waals surface area contributed by atoms with E-state index in [0.717, 1.165) is 91.3 Å². The minimum atomic E-state index is -0.387. The number of ether oxygens (including phenoxy) is 1. The minimum Gasteiger partial charge on any atom is -0.452 e. The van der Waals surface area contributed by atoms with Gasteiger partial charge in [0.25, 0.3) is 5.91 Å². The quantitative estimate of drug-likeness (QED) is 0.559. The number of fused-ring (bicyclic) bond motifs is 2. The number of pyridine rings is 1. The molecule has 4 saturated carbocycles. The SMILES string of the molecule is O=C(COC(=O)c1c2c(nc3ccccc13)CCCCC2)NC12CC3CC(CC(C3)C1)C2. The van der Waals surface area contributed by atoms with Gasteiger partial charge in [0, 0.05) is 16.6 Å². The van der Waals surface area contributed by atoms with Gasteiger partial charge < -0.3 is 10.1 Å². The number of carbonyl (C=O) groups excluding carboxylic acids is 2. The second-order valence-corrected chi connectivity index (χ2v) is 10.8. The first-order valence-electron chi connectivity index (χ1n) is 12.5. The number of benzene rings is 1. The number of esters is 1. The molecular formula is C27H32N2O3. The van der Waals surface area contributed by atoms with Crippen molar-refractivity contribution in [3.63, 3.8) is 0 Å². The van der Waals surface area contributed by atoms with E-state index in [-0.39, 0.29) is 24.0 Å². The van der Waals surface area contributed by atoms with Crippen molar-refractivity contribution in [2.75, 3.05) is 6.61 Å². The van der Waals surface area contributed by atoms with Crippen molar-refractivity contribution in [3.05, 3.63) is 41.1 Å². The molecule has 1 heterocycles. The van der Waals surface area contributed by atoms with E-state index in [0.29, 0.717) is 5.56 Å². The number of amides is 1. The van der Waals surface area contributed by atoms with E-state index in [1.807, 2.05) is 24.3 Å². The van der Waals surface area contributed by atoms with E-state index in [1.54, 1.807) is 0 Å². The van der Waals surface area contributed by atoms with Gasteiger partial charge in [-0.1, -0.05) is 24.6 Å². The van der Waals surface area contributed by atoms with Gasteiger partial charge in [0.2, 0.25) is 0 Å². The fourth-order valence-corrected chi connectivity index (χ4v) is 7.58. The highest BCUT2D eigenvalue weighted by molar-refractivity contribution is 6.05. The lowest BCUT2D eigenvalue weighted by Gasteiger charge is -2.56. The summed E-state index contributed by atoms with van der Waals surface area (Å²) in [4.78, 5) is 31.0. The van der Waals surface area contributed by atoms with Crippen LogP contribution in [-0.4, -0.2) is 29.0 Å². The van der Waals surface area contributed by atoms with Gasteiger partial charge in [-0.3, -0.25) is 9.78 Å². The van der Waals surface area contributed by atoms with Crippen molar-refractivity contribution in [2.24, 2.45) is 17.8 Å². The van der Waals surface area contributed by atoms with E-state index < -0.39 is 0 Å². The van der Waals surface area contributed by atoms with Crippen LogP contribution in [-0.2, 0) is 22.4 Å². The number of hydrogen-bond donors (Lipinski definition) is 1. The Morgan fingerprint density at radius 1 is 0.969 bits per heavy atom. The van der Waals surface area contributed by atoms with Gasteiger partial charge in [-0.05, 0) is 93.6 Å². The summed E-state index contributed by atoms with van der Waals surface area (Å²) in [5.41, 5.74) is 3.44. The summed E-state index contributed by atoms with van der Waals surface area (Å²) in [6, 6.07) is 7.78. The molecule has 0 spiro atoms. The Morgan fingerprint density at radius 2 is 1.66 bits per heavy atom. The molecule has 168 valence electrons. The number of hydrogen-bond acceptors (Lipinski definition) is 4. The molecule has 2 aromatic rings. The summed E-state index contributed by atoms with van der Waals surface area (Å²) in [5.74, 6) is 1.76. The van der Waals surface area contributed by atoms with Crippen LogP contribution in [0.4, 0.5) is 0 Å². The number of aromatic nitrogens is 1. The maximum atomic E-state index is 13.3. The van der Waals surface area contributed by atoms with E-state index in [2.05, 4.69) is 5.32 Å². The summed E-state index contributed by atoms with van der Waals surface area (Å²) in [6.07, 6.45) is 12.3. The Hall–Kier alpha value is -2.43. The lowest BCUT2D eigenvalue weighted by molar-refractivity contribution is -0.130. The Balaban J connectivity index is 1.20. The zero-order valence-electron chi connectivity index (χ0n) is 18.7. The number of para-hydroxylation sites is 1. The van der Waals surface area contributed by atoms with Crippen LogP contribution in [0.2, 0.25) is 0 Å². The summed E-state index contributed by atoms with van der Waals surface area (Å²) in [5, 5.41) is 4.15. The van der Waals surface area contributed by atoms with Crippen molar-refractivity contribution in [3.8, 4) is 0 Å². The summed E-state index contributed by atoms with van der Waals surface area (Å²) >= 11 is 0. The van der Waals surface area contributed by atoms with Crippen LogP contribution in [0.25, 0.3) is 10.9 Å². The van der Waals surface area contributed by atoms with Gasteiger partial charge in [0.15, 0.2) is 6.61 Å².